The quantitative estimate of drug-likeness (QED) is 0.614. The predicted molar refractivity (Wildman–Crippen MR) is 97.1 cm³/mol. The van der Waals surface area contributed by atoms with Gasteiger partial charge in [-0.15, -0.1) is 0 Å². The van der Waals surface area contributed by atoms with Gasteiger partial charge in [0.1, 0.15) is 24.2 Å². The maximum Gasteiger partial charge on any atom is 0.325 e. The molecule has 1 aromatic carbocycles. The normalized spacial score (nSPS) is 13.8. The lowest BCUT2D eigenvalue weighted by atomic mass is 10.2. The zero-order valence-electron chi connectivity index (χ0n) is 14.9. The van der Waals surface area contributed by atoms with Gasteiger partial charge in [0.2, 0.25) is 11.5 Å². The number of fused-ring (bicyclic) bond motifs is 3. The van der Waals surface area contributed by atoms with E-state index in [1.165, 1.54) is 15.8 Å². The van der Waals surface area contributed by atoms with Crippen LogP contribution in [0.4, 0.5) is 0 Å². The molecule has 27 heavy (non-hydrogen) atoms. The van der Waals surface area contributed by atoms with Gasteiger partial charge in [-0.05, 0) is 31.9 Å². The number of nitrogens with zero attached hydrogens (tertiary/aromatic N) is 3. The lowest BCUT2D eigenvalue weighted by Crippen LogP contribution is -2.41. The fraction of sp³-hybridized carbons (Fsp3) is 0.368. The van der Waals surface area contributed by atoms with Crippen LogP contribution in [-0.2, 0) is 20.9 Å². The molecule has 3 aromatic rings. The molecule has 1 aliphatic rings. The van der Waals surface area contributed by atoms with Gasteiger partial charge in [0, 0.05) is 11.4 Å². The summed E-state index contributed by atoms with van der Waals surface area (Å²) in [6.07, 6.45) is 3.04. The highest BCUT2D eigenvalue weighted by Gasteiger charge is 2.34. The number of carbonyl (C=O) groups excluding carboxylic acids is 2. The molecule has 0 radical (unpaired) electrons. The van der Waals surface area contributed by atoms with Gasteiger partial charge in [0.25, 0.3) is 5.56 Å². The van der Waals surface area contributed by atoms with Crippen molar-refractivity contribution in [2.75, 3.05) is 13.2 Å². The van der Waals surface area contributed by atoms with Crippen molar-refractivity contribution in [1.29, 1.82) is 0 Å². The van der Waals surface area contributed by atoms with E-state index in [9.17, 15) is 14.4 Å². The third-order valence-electron chi connectivity index (χ3n) is 4.57. The van der Waals surface area contributed by atoms with Gasteiger partial charge in [-0.2, -0.15) is 0 Å². The molecule has 1 fully saturated rings. The summed E-state index contributed by atoms with van der Waals surface area (Å²) in [5.41, 5.74) is 0.749. The Kier molecular flexibility index (Phi) is 4.39. The average Bonchev–Trinajstić information content (AvgIpc) is 3.42. The topological polar surface area (TPSA) is 94.6 Å². The van der Waals surface area contributed by atoms with Crippen LogP contribution in [0.5, 0.6) is 0 Å². The highest BCUT2D eigenvalue weighted by molar-refractivity contribution is 6.01. The number of ether oxygens (including phenoxy) is 1. The molecule has 0 bridgehead atoms. The summed E-state index contributed by atoms with van der Waals surface area (Å²) < 4.78 is 11.8. The molecular weight excluding hydrogens is 350 g/mol. The minimum absolute atomic E-state index is 0.0282. The van der Waals surface area contributed by atoms with Gasteiger partial charge >= 0.3 is 5.97 Å². The molecule has 8 heteroatoms. The SMILES string of the molecule is CCOC(=O)CN(C(=O)Cn1cnc2c(oc3ccccc32)c1=O)C1CC1. The van der Waals surface area contributed by atoms with Crippen LogP contribution in [0.15, 0.2) is 39.8 Å². The number of amides is 1. The second-order valence-electron chi connectivity index (χ2n) is 6.51. The first-order valence-electron chi connectivity index (χ1n) is 8.90. The maximum absolute atomic E-state index is 12.7. The van der Waals surface area contributed by atoms with E-state index in [4.69, 9.17) is 9.15 Å². The number of hydrogen-bond donors (Lipinski definition) is 0. The van der Waals surface area contributed by atoms with Gasteiger partial charge in [0.05, 0.1) is 12.9 Å². The van der Waals surface area contributed by atoms with Crippen LogP contribution in [0.25, 0.3) is 22.1 Å². The Labute approximate surface area is 154 Å². The molecule has 4 rings (SSSR count). The molecular formula is C19H19N3O5. The Morgan fingerprint density at radius 3 is 2.85 bits per heavy atom. The van der Waals surface area contributed by atoms with Crippen molar-refractivity contribution in [2.45, 2.75) is 32.4 Å². The van der Waals surface area contributed by atoms with Crippen LogP contribution < -0.4 is 5.56 Å². The smallest absolute Gasteiger partial charge is 0.325 e. The standard InChI is InChI=1S/C19H19N3O5/c1-2-26-16(24)10-22(12-7-8-12)15(23)9-21-11-20-17-13-5-3-4-6-14(13)27-18(17)19(21)25/h3-6,11-12H,2,7-10H2,1H3. The number of aromatic nitrogens is 2. The number of benzene rings is 1. The molecule has 140 valence electrons. The van der Waals surface area contributed by atoms with Crippen LogP contribution >= 0.6 is 0 Å². The van der Waals surface area contributed by atoms with E-state index in [-0.39, 0.29) is 37.2 Å². The molecule has 2 aromatic heterocycles. The van der Waals surface area contributed by atoms with E-state index in [2.05, 4.69) is 4.98 Å². The third kappa shape index (κ3) is 3.30. The van der Waals surface area contributed by atoms with Crippen LogP contribution in [0, 0.1) is 0 Å². The van der Waals surface area contributed by atoms with E-state index in [0.29, 0.717) is 11.1 Å². The first kappa shape index (κ1) is 17.3. The lowest BCUT2D eigenvalue weighted by Gasteiger charge is -2.21. The zero-order chi connectivity index (χ0) is 19.0. The van der Waals surface area contributed by atoms with Crippen molar-refractivity contribution in [1.82, 2.24) is 14.5 Å². The highest BCUT2D eigenvalue weighted by atomic mass is 16.5. The minimum atomic E-state index is -0.448. The number of esters is 1. The van der Waals surface area contributed by atoms with Gasteiger partial charge in [0.15, 0.2) is 0 Å². The Hall–Kier alpha value is -3.16. The summed E-state index contributed by atoms with van der Waals surface area (Å²) >= 11 is 0. The molecule has 0 aliphatic heterocycles. The summed E-state index contributed by atoms with van der Waals surface area (Å²) in [6.45, 7) is 1.67. The largest absolute Gasteiger partial charge is 0.465 e. The number of carbonyl (C=O) groups is 2. The number of rotatable bonds is 6. The minimum Gasteiger partial charge on any atom is -0.465 e. The Morgan fingerprint density at radius 2 is 2.11 bits per heavy atom. The van der Waals surface area contributed by atoms with Gasteiger partial charge in [-0.1, -0.05) is 12.1 Å². The van der Waals surface area contributed by atoms with Crippen molar-refractivity contribution in [3.8, 4) is 0 Å². The molecule has 0 atom stereocenters. The summed E-state index contributed by atoms with van der Waals surface area (Å²) in [4.78, 5) is 43.0. The fourth-order valence-electron chi connectivity index (χ4n) is 3.12. The maximum atomic E-state index is 12.7. The molecule has 1 saturated carbocycles. The van der Waals surface area contributed by atoms with E-state index >= 15 is 0 Å². The summed E-state index contributed by atoms with van der Waals surface area (Å²) in [5, 5.41) is 0.755. The van der Waals surface area contributed by atoms with Crippen molar-refractivity contribution >= 4 is 33.9 Å². The van der Waals surface area contributed by atoms with E-state index in [1.54, 1.807) is 13.0 Å². The lowest BCUT2D eigenvalue weighted by molar-refractivity contribution is -0.149. The van der Waals surface area contributed by atoms with E-state index < -0.39 is 11.5 Å². The summed E-state index contributed by atoms with van der Waals surface area (Å²) in [7, 11) is 0. The molecule has 1 amide bonds. The van der Waals surface area contributed by atoms with E-state index in [1.807, 2.05) is 18.2 Å². The average molecular weight is 369 g/mol. The third-order valence-corrected chi connectivity index (χ3v) is 4.57. The monoisotopic (exact) mass is 369 g/mol. The summed E-state index contributed by atoms with van der Waals surface area (Å²) in [6, 6.07) is 7.28. The van der Waals surface area contributed by atoms with Crippen molar-refractivity contribution in [2.24, 2.45) is 0 Å². The molecule has 0 spiro atoms. The molecule has 0 saturated heterocycles. The number of hydrogen-bond acceptors (Lipinski definition) is 6. The van der Waals surface area contributed by atoms with Crippen molar-refractivity contribution in [3.05, 3.63) is 40.9 Å². The molecule has 8 nitrogen and oxygen atoms in total. The highest BCUT2D eigenvalue weighted by Crippen LogP contribution is 2.27. The fourth-order valence-corrected chi connectivity index (χ4v) is 3.12. The van der Waals surface area contributed by atoms with Crippen LogP contribution in [0.1, 0.15) is 19.8 Å². The van der Waals surface area contributed by atoms with Crippen LogP contribution in [0.2, 0.25) is 0 Å². The second-order valence-corrected chi connectivity index (χ2v) is 6.51. The van der Waals surface area contributed by atoms with Gasteiger partial charge in [-0.3, -0.25) is 19.0 Å². The first-order valence-corrected chi connectivity index (χ1v) is 8.90. The Balaban J connectivity index is 1.61. The summed E-state index contributed by atoms with van der Waals surface area (Å²) in [5.74, 6) is -0.763. The van der Waals surface area contributed by atoms with Gasteiger partial charge in [-0.25, -0.2) is 4.98 Å². The number of para-hydroxylation sites is 1. The molecule has 0 N–H and O–H groups in total. The van der Waals surface area contributed by atoms with Gasteiger partial charge < -0.3 is 14.1 Å². The van der Waals surface area contributed by atoms with Crippen LogP contribution in [0.3, 0.4) is 0 Å². The predicted octanol–water partition coefficient (Wildman–Crippen LogP) is 1.70. The first-order chi connectivity index (χ1) is 13.1. The Morgan fingerprint density at radius 1 is 1.33 bits per heavy atom. The van der Waals surface area contributed by atoms with E-state index in [0.717, 1.165) is 18.2 Å². The van der Waals surface area contributed by atoms with Crippen LogP contribution in [-0.4, -0.2) is 45.5 Å². The Bertz CT molecular complexity index is 1080. The zero-order valence-corrected chi connectivity index (χ0v) is 14.9. The number of furan rings is 1. The molecule has 2 heterocycles. The second kappa shape index (κ2) is 6.86. The molecule has 0 unspecified atom stereocenters. The molecule has 1 aliphatic carbocycles. The van der Waals surface area contributed by atoms with Crippen molar-refractivity contribution in [3.63, 3.8) is 0 Å². The van der Waals surface area contributed by atoms with Crippen molar-refractivity contribution < 1.29 is 18.7 Å².